The standard InChI is InChI=1S/C21H12ClF6N3O3/c22-13-6-11(5-12(7-13)20(23,24)25)19(21(26,27)28)8-14(30-34-19)1-2-15-3-4-16(18(32)33)17-9-29-10-31(15)17/h1-7,9-10H,8H2,(H,32,33). The number of carbonyl (C=O) groups is 1. The van der Waals surface area contributed by atoms with Crippen molar-refractivity contribution in [2.75, 3.05) is 0 Å². The van der Waals surface area contributed by atoms with Crippen molar-refractivity contribution in [2.24, 2.45) is 5.16 Å². The van der Waals surface area contributed by atoms with Crippen molar-refractivity contribution < 1.29 is 41.1 Å². The van der Waals surface area contributed by atoms with E-state index in [1.807, 2.05) is 0 Å². The van der Waals surface area contributed by atoms with Gasteiger partial charge in [-0.15, -0.1) is 0 Å². The lowest BCUT2D eigenvalue weighted by Gasteiger charge is -2.30. The molecule has 0 saturated heterocycles. The zero-order valence-electron chi connectivity index (χ0n) is 16.7. The normalized spacial score (nSPS) is 19.0. The molecule has 1 atom stereocenters. The predicted octanol–water partition coefficient (Wildman–Crippen LogP) is 5.95. The molecule has 3 aromatic rings. The Hall–Kier alpha value is -3.54. The number of halogens is 7. The molecule has 3 heterocycles. The third-order valence-corrected chi connectivity index (χ3v) is 5.41. The number of hydrogen-bond donors (Lipinski definition) is 1. The van der Waals surface area contributed by atoms with Gasteiger partial charge in [-0.25, -0.2) is 9.78 Å². The molecule has 2 aromatic heterocycles. The van der Waals surface area contributed by atoms with E-state index in [1.165, 1.54) is 41.2 Å². The summed E-state index contributed by atoms with van der Waals surface area (Å²) in [4.78, 5) is 19.9. The summed E-state index contributed by atoms with van der Waals surface area (Å²) in [5.41, 5.74) is -4.98. The monoisotopic (exact) mass is 503 g/mol. The highest BCUT2D eigenvalue weighted by Gasteiger charge is 2.62. The average molecular weight is 504 g/mol. The number of alkyl halides is 6. The Bertz CT molecular complexity index is 1350. The van der Waals surface area contributed by atoms with E-state index >= 15 is 0 Å². The van der Waals surface area contributed by atoms with Crippen LogP contribution in [0.1, 0.15) is 33.6 Å². The Labute approximate surface area is 191 Å². The summed E-state index contributed by atoms with van der Waals surface area (Å²) in [7, 11) is 0. The molecule has 0 saturated carbocycles. The number of rotatable bonds is 4. The second-order valence-corrected chi connectivity index (χ2v) is 7.80. The van der Waals surface area contributed by atoms with Gasteiger partial charge in [0, 0.05) is 22.7 Å². The maximum Gasteiger partial charge on any atom is 0.435 e. The first kappa shape index (κ1) is 23.6. The molecule has 1 N–H and O–H groups in total. The van der Waals surface area contributed by atoms with Crippen molar-refractivity contribution in [3.63, 3.8) is 0 Å². The van der Waals surface area contributed by atoms with Crippen LogP contribution in [0.15, 0.2) is 54.1 Å². The largest absolute Gasteiger partial charge is 0.478 e. The number of aromatic nitrogens is 2. The van der Waals surface area contributed by atoms with Crippen molar-refractivity contribution in [2.45, 2.75) is 24.4 Å². The number of imidazole rings is 1. The molecule has 1 unspecified atom stereocenters. The Morgan fingerprint density at radius 3 is 2.53 bits per heavy atom. The zero-order chi connectivity index (χ0) is 24.9. The van der Waals surface area contributed by atoms with Gasteiger partial charge in [-0.2, -0.15) is 26.3 Å². The van der Waals surface area contributed by atoms with Gasteiger partial charge in [0.15, 0.2) is 0 Å². The van der Waals surface area contributed by atoms with Crippen LogP contribution in [-0.2, 0) is 16.6 Å². The second kappa shape index (κ2) is 8.05. The summed E-state index contributed by atoms with van der Waals surface area (Å²) in [6.45, 7) is 0. The number of hydrogen-bond acceptors (Lipinski definition) is 4. The fraction of sp³-hybridized carbons (Fsp3) is 0.190. The molecule has 1 aliphatic rings. The van der Waals surface area contributed by atoms with Gasteiger partial charge in [0.1, 0.15) is 0 Å². The van der Waals surface area contributed by atoms with E-state index in [9.17, 15) is 36.2 Å². The van der Waals surface area contributed by atoms with Crippen LogP contribution >= 0.6 is 11.6 Å². The molecular weight excluding hydrogens is 492 g/mol. The second-order valence-electron chi connectivity index (χ2n) is 7.36. The number of nitrogens with zero attached hydrogens (tertiary/aromatic N) is 3. The summed E-state index contributed by atoms with van der Waals surface area (Å²) in [5, 5.41) is 12.2. The molecule has 13 heteroatoms. The van der Waals surface area contributed by atoms with Crippen LogP contribution in [0.4, 0.5) is 26.3 Å². The van der Waals surface area contributed by atoms with E-state index in [0.29, 0.717) is 17.8 Å². The highest BCUT2D eigenvalue weighted by molar-refractivity contribution is 6.30. The molecule has 34 heavy (non-hydrogen) atoms. The minimum Gasteiger partial charge on any atom is -0.478 e. The molecule has 0 spiro atoms. The summed E-state index contributed by atoms with van der Waals surface area (Å²) in [5.74, 6) is -1.19. The van der Waals surface area contributed by atoms with Crippen molar-refractivity contribution >= 4 is 34.9 Å². The summed E-state index contributed by atoms with van der Waals surface area (Å²) in [6, 6.07) is 4.32. The van der Waals surface area contributed by atoms with E-state index in [2.05, 4.69) is 10.1 Å². The summed E-state index contributed by atoms with van der Waals surface area (Å²) >= 11 is 5.68. The average Bonchev–Trinajstić information content (AvgIpc) is 3.38. The van der Waals surface area contributed by atoms with Crippen LogP contribution in [0.25, 0.3) is 11.6 Å². The fourth-order valence-electron chi connectivity index (χ4n) is 3.54. The van der Waals surface area contributed by atoms with Crippen LogP contribution < -0.4 is 0 Å². The first-order chi connectivity index (χ1) is 15.8. The molecule has 0 bridgehead atoms. The maximum atomic E-state index is 14.1. The molecule has 6 nitrogen and oxygen atoms in total. The van der Waals surface area contributed by atoms with Crippen LogP contribution in [0.2, 0.25) is 5.02 Å². The molecule has 1 aliphatic heterocycles. The van der Waals surface area contributed by atoms with Gasteiger partial charge in [-0.05, 0) is 42.5 Å². The lowest BCUT2D eigenvalue weighted by Crippen LogP contribution is -2.42. The lowest BCUT2D eigenvalue weighted by atomic mass is 9.87. The smallest absolute Gasteiger partial charge is 0.435 e. The van der Waals surface area contributed by atoms with Gasteiger partial charge >= 0.3 is 18.3 Å². The minimum atomic E-state index is -5.12. The van der Waals surface area contributed by atoms with Crippen LogP contribution in [0, 0.1) is 0 Å². The van der Waals surface area contributed by atoms with Gasteiger partial charge < -0.3 is 9.94 Å². The van der Waals surface area contributed by atoms with Crippen molar-refractivity contribution in [3.05, 3.63) is 76.3 Å². The van der Waals surface area contributed by atoms with Gasteiger partial charge in [-0.3, -0.25) is 4.40 Å². The number of pyridine rings is 1. The van der Waals surface area contributed by atoms with E-state index in [1.54, 1.807) is 0 Å². The molecule has 178 valence electrons. The first-order valence-electron chi connectivity index (χ1n) is 9.38. The van der Waals surface area contributed by atoms with Crippen molar-refractivity contribution in [3.8, 4) is 0 Å². The number of aromatic carboxylic acids is 1. The highest BCUT2D eigenvalue weighted by atomic mass is 35.5. The van der Waals surface area contributed by atoms with E-state index in [-0.39, 0.29) is 16.8 Å². The molecular formula is C21H12ClF6N3O3. The number of oxime groups is 1. The lowest BCUT2D eigenvalue weighted by molar-refractivity contribution is -0.276. The molecule has 4 rings (SSSR count). The van der Waals surface area contributed by atoms with Gasteiger partial charge in [0.2, 0.25) is 0 Å². The number of fused-ring (bicyclic) bond motifs is 1. The van der Waals surface area contributed by atoms with Crippen LogP contribution in [0.5, 0.6) is 0 Å². The quantitative estimate of drug-likeness (QED) is 0.446. The van der Waals surface area contributed by atoms with Crippen molar-refractivity contribution in [1.29, 1.82) is 0 Å². The first-order valence-corrected chi connectivity index (χ1v) is 9.76. The Morgan fingerprint density at radius 2 is 1.88 bits per heavy atom. The zero-order valence-corrected chi connectivity index (χ0v) is 17.4. The Morgan fingerprint density at radius 1 is 1.15 bits per heavy atom. The molecule has 0 fully saturated rings. The van der Waals surface area contributed by atoms with Gasteiger partial charge in [0.25, 0.3) is 5.60 Å². The van der Waals surface area contributed by atoms with Gasteiger partial charge in [0.05, 0.1) is 34.9 Å². The predicted molar refractivity (Wildman–Crippen MR) is 109 cm³/mol. The van der Waals surface area contributed by atoms with Crippen LogP contribution in [-0.4, -0.2) is 32.3 Å². The number of allylic oxidation sites excluding steroid dienone is 1. The van der Waals surface area contributed by atoms with E-state index < -0.39 is 46.5 Å². The van der Waals surface area contributed by atoms with Crippen LogP contribution in [0.3, 0.4) is 0 Å². The number of benzene rings is 1. The Balaban J connectivity index is 1.69. The third-order valence-electron chi connectivity index (χ3n) is 5.19. The van der Waals surface area contributed by atoms with Gasteiger partial charge in [-0.1, -0.05) is 16.8 Å². The maximum absolute atomic E-state index is 14.1. The Kier molecular flexibility index (Phi) is 5.59. The third kappa shape index (κ3) is 4.09. The minimum absolute atomic E-state index is 0.0336. The van der Waals surface area contributed by atoms with E-state index in [0.717, 1.165) is 6.07 Å². The summed E-state index contributed by atoms with van der Waals surface area (Å²) < 4.78 is 83.1. The molecule has 0 amide bonds. The molecule has 0 radical (unpaired) electrons. The van der Waals surface area contributed by atoms with Crippen molar-refractivity contribution in [1.82, 2.24) is 9.38 Å². The molecule has 0 aliphatic carbocycles. The molecule has 1 aromatic carbocycles. The highest BCUT2D eigenvalue weighted by Crippen LogP contribution is 2.49. The number of carboxylic acids is 1. The van der Waals surface area contributed by atoms with E-state index in [4.69, 9.17) is 16.4 Å². The fourth-order valence-corrected chi connectivity index (χ4v) is 3.77. The number of carboxylic acid groups (broad SMARTS) is 1. The SMILES string of the molecule is O=C(O)c1ccc(C=CC2=NOC(c3cc(Cl)cc(C(F)(F)F)c3)(C(F)(F)F)C2)n2cncc12. The summed E-state index contributed by atoms with van der Waals surface area (Å²) in [6.07, 6.45) is -5.79. The topological polar surface area (TPSA) is 76.2 Å².